The lowest BCUT2D eigenvalue weighted by Crippen LogP contribution is -2.41. The van der Waals surface area contributed by atoms with Crippen molar-refractivity contribution in [3.8, 4) is 0 Å². The summed E-state index contributed by atoms with van der Waals surface area (Å²) >= 11 is 0. The Balaban J connectivity index is 2.36. The predicted octanol–water partition coefficient (Wildman–Crippen LogP) is 5.44. The third kappa shape index (κ3) is 6.07. The van der Waals surface area contributed by atoms with Crippen molar-refractivity contribution in [3.63, 3.8) is 0 Å². The topological polar surface area (TPSA) is 41.6 Å². The van der Waals surface area contributed by atoms with Crippen LogP contribution in [-0.4, -0.2) is 25.7 Å². The summed E-state index contributed by atoms with van der Waals surface area (Å²) in [6, 6.07) is 7.93. The molecular weight excluding hydrogens is 355 g/mol. The maximum atomic E-state index is 14.1. The van der Waals surface area contributed by atoms with Gasteiger partial charge in [0.1, 0.15) is 0 Å². The van der Waals surface area contributed by atoms with E-state index in [2.05, 4.69) is 25.9 Å². The van der Waals surface area contributed by atoms with Crippen LogP contribution in [0.2, 0.25) is 0 Å². The summed E-state index contributed by atoms with van der Waals surface area (Å²) < 4.78 is 20.6. The van der Waals surface area contributed by atoms with E-state index in [1.165, 1.54) is 6.42 Å². The van der Waals surface area contributed by atoms with Crippen LogP contribution in [-0.2, 0) is 9.09 Å². The molecule has 1 aromatic carbocycles. The largest absolute Gasteiger partial charge is 0.378 e. The van der Waals surface area contributed by atoms with Crippen molar-refractivity contribution in [1.29, 1.82) is 0 Å². The number of nitrogens with one attached hydrogen (secondary N) is 1. The summed E-state index contributed by atoms with van der Waals surface area (Å²) in [5, 5.41) is 4.09. The molecule has 1 aromatic rings. The second-order valence-electron chi connectivity index (χ2n) is 9.79. The molecule has 1 N–H and O–H groups in total. The van der Waals surface area contributed by atoms with Crippen molar-refractivity contribution >= 4 is 18.5 Å². The Bertz CT molecular complexity index is 649. The van der Waals surface area contributed by atoms with Gasteiger partial charge in [0.15, 0.2) is 0 Å². The van der Waals surface area contributed by atoms with E-state index in [1.54, 1.807) is 0 Å². The summed E-state index contributed by atoms with van der Waals surface area (Å²) in [7, 11) is 0.834. The van der Waals surface area contributed by atoms with Gasteiger partial charge in [-0.15, -0.1) is 0 Å². The fraction of sp³-hybridized carbons (Fsp3) is 0.727. The first-order valence-corrected chi connectivity index (χ1v) is 11.9. The van der Waals surface area contributed by atoms with Crippen molar-refractivity contribution < 1.29 is 9.09 Å². The molecule has 1 saturated carbocycles. The first-order chi connectivity index (χ1) is 12.4. The second kappa shape index (κ2) is 8.68. The van der Waals surface area contributed by atoms with Gasteiger partial charge in [0.05, 0.1) is 11.4 Å². The van der Waals surface area contributed by atoms with E-state index in [9.17, 15) is 4.57 Å². The molecule has 4 nitrogen and oxygen atoms in total. The van der Waals surface area contributed by atoms with Crippen LogP contribution in [0.5, 0.6) is 0 Å². The van der Waals surface area contributed by atoms with Gasteiger partial charge in [0.2, 0.25) is 0 Å². The highest BCUT2D eigenvalue weighted by molar-refractivity contribution is 7.65. The smallest absolute Gasteiger partial charge is 0.300 e. The van der Waals surface area contributed by atoms with Crippen LogP contribution in [0.4, 0.5) is 5.69 Å². The van der Waals surface area contributed by atoms with Gasteiger partial charge in [-0.25, -0.2) is 5.09 Å². The van der Waals surface area contributed by atoms with E-state index in [1.807, 2.05) is 64.0 Å². The second-order valence-corrected chi connectivity index (χ2v) is 11.8. The van der Waals surface area contributed by atoms with Crippen LogP contribution in [0.15, 0.2) is 24.3 Å². The lowest BCUT2D eigenvalue weighted by molar-refractivity contribution is 0.0474. The lowest BCUT2D eigenvalue weighted by atomic mass is 9.75. The third-order valence-electron chi connectivity index (χ3n) is 5.43. The monoisotopic (exact) mass is 394 g/mol. The molecule has 0 unspecified atom stereocenters. The summed E-state index contributed by atoms with van der Waals surface area (Å²) in [4.78, 5) is 2.05. The molecule has 1 aliphatic rings. The van der Waals surface area contributed by atoms with Gasteiger partial charge in [-0.2, -0.15) is 0 Å². The summed E-state index contributed by atoms with van der Waals surface area (Å²) in [6.07, 6.45) is 3.40. The fourth-order valence-corrected chi connectivity index (χ4v) is 6.32. The van der Waals surface area contributed by atoms with Crippen molar-refractivity contribution in [1.82, 2.24) is 5.09 Å². The van der Waals surface area contributed by atoms with E-state index in [4.69, 9.17) is 4.52 Å². The number of hydrogen-bond acceptors (Lipinski definition) is 3. The van der Waals surface area contributed by atoms with Gasteiger partial charge < -0.3 is 9.42 Å². The number of nitrogens with zero attached hydrogens (tertiary/aromatic N) is 1. The first kappa shape index (κ1) is 22.5. The Morgan fingerprint density at radius 2 is 1.74 bits per heavy atom. The van der Waals surface area contributed by atoms with Gasteiger partial charge in [-0.05, 0) is 75.6 Å². The lowest BCUT2D eigenvalue weighted by Gasteiger charge is -2.40. The molecule has 0 heterocycles. The van der Waals surface area contributed by atoms with E-state index in [0.717, 1.165) is 23.8 Å². The molecular formula is C22H39N2O2P. The molecule has 5 heteroatoms. The molecule has 154 valence electrons. The number of anilines is 1. The Hall–Kier alpha value is -0.830. The molecule has 1 aliphatic carbocycles. The van der Waals surface area contributed by atoms with Gasteiger partial charge in [0, 0.05) is 25.3 Å². The maximum Gasteiger partial charge on any atom is 0.300 e. The van der Waals surface area contributed by atoms with Crippen LogP contribution in [0.3, 0.4) is 0 Å². The van der Waals surface area contributed by atoms with Gasteiger partial charge in [0.25, 0.3) is 7.52 Å². The van der Waals surface area contributed by atoms with E-state index >= 15 is 0 Å². The van der Waals surface area contributed by atoms with Crippen LogP contribution >= 0.6 is 7.52 Å². The third-order valence-corrected chi connectivity index (χ3v) is 7.94. The fourth-order valence-electron chi connectivity index (χ4n) is 3.97. The quantitative estimate of drug-likeness (QED) is 0.653. The zero-order chi connectivity index (χ0) is 20.4. The Labute approximate surface area is 166 Å². The van der Waals surface area contributed by atoms with E-state index < -0.39 is 7.52 Å². The highest BCUT2D eigenvalue weighted by Gasteiger charge is 2.39. The molecule has 0 amide bonds. The normalized spacial score (nSPS) is 26.0. The Morgan fingerprint density at radius 1 is 1.15 bits per heavy atom. The standard InChI is InChI=1S/C22H39N2O2P/c1-16(2)20-14-9-17(3)15-21(20)26-27(25,23-22(4,5)6)19-12-10-18(11-13-19)24(7)8/h10-13,16-17,20-21H,9,14-15H2,1-8H3,(H,23,25)/t17-,20-,21+,27+/m1/s1. The van der Waals surface area contributed by atoms with Crippen molar-refractivity contribution in [2.45, 2.75) is 72.4 Å². The molecule has 0 spiro atoms. The molecule has 0 saturated heterocycles. The van der Waals surface area contributed by atoms with Crippen molar-refractivity contribution in [2.75, 3.05) is 19.0 Å². The summed E-state index contributed by atoms with van der Waals surface area (Å²) in [6.45, 7) is 12.9. The minimum Gasteiger partial charge on any atom is -0.378 e. The van der Waals surface area contributed by atoms with Crippen molar-refractivity contribution in [3.05, 3.63) is 24.3 Å². The highest BCUT2D eigenvalue weighted by atomic mass is 31.2. The van der Waals surface area contributed by atoms with Crippen molar-refractivity contribution in [2.24, 2.45) is 17.8 Å². The number of hydrogen-bond donors (Lipinski definition) is 1. The van der Waals surface area contributed by atoms with Gasteiger partial charge in [-0.1, -0.05) is 27.2 Å². The molecule has 0 bridgehead atoms. The average Bonchev–Trinajstić information content (AvgIpc) is 2.52. The first-order valence-electron chi connectivity index (χ1n) is 10.3. The highest BCUT2D eigenvalue weighted by Crippen LogP contribution is 2.49. The number of rotatable bonds is 6. The van der Waals surface area contributed by atoms with Gasteiger partial charge >= 0.3 is 0 Å². The number of benzene rings is 1. The minimum atomic E-state index is -3.18. The maximum absolute atomic E-state index is 14.1. The SMILES string of the molecule is CC(C)[C@H]1CC[C@@H](C)C[C@@H]1O[P@](=O)(NC(C)(C)C)c1ccc(N(C)C)cc1. The van der Waals surface area contributed by atoms with Gasteiger partial charge in [-0.3, -0.25) is 4.57 Å². The molecule has 1 fully saturated rings. The summed E-state index contributed by atoms with van der Waals surface area (Å²) in [5.41, 5.74) is 0.788. The zero-order valence-corrected chi connectivity index (χ0v) is 19.3. The zero-order valence-electron chi connectivity index (χ0n) is 18.5. The predicted molar refractivity (Wildman–Crippen MR) is 117 cm³/mol. The molecule has 27 heavy (non-hydrogen) atoms. The Morgan fingerprint density at radius 3 is 2.22 bits per heavy atom. The Kier molecular flexibility index (Phi) is 7.22. The minimum absolute atomic E-state index is 0.0305. The molecule has 0 radical (unpaired) electrons. The average molecular weight is 395 g/mol. The molecule has 2 rings (SSSR count). The molecule has 4 atom stereocenters. The summed E-state index contributed by atoms with van der Waals surface area (Å²) in [5.74, 6) is 1.60. The molecule has 0 aromatic heterocycles. The van der Waals surface area contributed by atoms with E-state index in [-0.39, 0.29) is 11.6 Å². The van der Waals surface area contributed by atoms with Crippen LogP contribution < -0.4 is 15.3 Å². The van der Waals surface area contributed by atoms with Crippen LogP contribution in [0.1, 0.15) is 60.8 Å². The van der Waals surface area contributed by atoms with Crippen LogP contribution in [0, 0.1) is 17.8 Å². The molecule has 0 aliphatic heterocycles. The van der Waals surface area contributed by atoms with E-state index in [0.29, 0.717) is 17.8 Å². The van der Waals surface area contributed by atoms with Crippen LogP contribution in [0.25, 0.3) is 0 Å².